The van der Waals surface area contributed by atoms with Gasteiger partial charge in [-0.15, -0.1) is 0 Å². The molecule has 6 heteroatoms. The molecule has 0 bridgehead atoms. The minimum absolute atomic E-state index is 0.190. The van der Waals surface area contributed by atoms with Crippen molar-refractivity contribution in [2.75, 3.05) is 46.1 Å². The van der Waals surface area contributed by atoms with Gasteiger partial charge in [0.2, 0.25) is 0 Å². The molecule has 0 heterocycles. The minimum atomic E-state index is -0.920. The molecule has 39 heavy (non-hydrogen) atoms. The number of carboxylic acids is 1. The largest absolute Gasteiger partial charge is 0.550 e. The first-order chi connectivity index (χ1) is 19.1. The highest BCUT2D eigenvalue weighted by Crippen LogP contribution is 2.13. The third kappa shape index (κ3) is 39.5. The van der Waals surface area contributed by atoms with Crippen molar-refractivity contribution in [3.8, 4) is 0 Å². The maximum absolute atomic E-state index is 9.92. The lowest BCUT2D eigenvalue weighted by Crippen LogP contribution is -3.13. The molecular formula is C33H69NO5. The zero-order valence-corrected chi connectivity index (χ0v) is 26.3. The third-order valence-corrected chi connectivity index (χ3v) is 7.38. The van der Waals surface area contributed by atoms with Gasteiger partial charge in [0.25, 0.3) is 0 Å². The van der Waals surface area contributed by atoms with E-state index in [2.05, 4.69) is 13.8 Å². The molecular weight excluding hydrogens is 490 g/mol. The van der Waals surface area contributed by atoms with Crippen molar-refractivity contribution >= 4 is 5.97 Å². The van der Waals surface area contributed by atoms with E-state index in [0.29, 0.717) is 0 Å². The maximum Gasteiger partial charge on any atom is 0.101 e. The van der Waals surface area contributed by atoms with Crippen molar-refractivity contribution in [3.05, 3.63) is 0 Å². The van der Waals surface area contributed by atoms with Gasteiger partial charge in [-0.05, 0) is 19.3 Å². The van der Waals surface area contributed by atoms with Crippen LogP contribution in [0.1, 0.15) is 162 Å². The second-order valence-electron chi connectivity index (χ2n) is 11.3. The van der Waals surface area contributed by atoms with Crippen molar-refractivity contribution in [2.45, 2.75) is 162 Å². The molecule has 0 amide bonds. The molecule has 0 aliphatic rings. The van der Waals surface area contributed by atoms with Crippen LogP contribution in [0.25, 0.3) is 0 Å². The molecule has 236 valence electrons. The average molecular weight is 560 g/mol. The summed E-state index contributed by atoms with van der Waals surface area (Å²) >= 11 is 0. The Morgan fingerprint density at radius 1 is 0.538 bits per heavy atom. The van der Waals surface area contributed by atoms with Crippen LogP contribution in [-0.4, -0.2) is 62.2 Å². The van der Waals surface area contributed by atoms with Crippen molar-refractivity contribution < 1.29 is 29.8 Å². The molecule has 0 radical (unpaired) electrons. The first kappa shape index (κ1) is 40.4. The van der Waals surface area contributed by atoms with Gasteiger partial charge in [0, 0.05) is 19.0 Å². The number of aliphatic hydroxyl groups excluding tert-OH is 2. The number of rotatable bonds is 31. The topological polar surface area (TPSA) is 94.3 Å². The van der Waals surface area contributed by atoms with Crippen LogP contribution in [0, 0.1) is 0 Å². The molecule has 0 aliphatic carbocycles. The van der Waals surface area contributed by atoms with Crippen LogP contribution < -0.4 is 10.0 Å². The number of aliphatic carboxylic acids is 1. The fraction of sp³-hybridized carbons (Fsp3) is 0.970. The van der Waals surface area contributed by atoms with E-state index in [1.54, 1.807) is 0 Å². The second kappa shape index (κ2) is 37.3. The molecule has 0 atom stereocenters. The third-order valence-electron chi connectivity index (χ3n) is 7.38. The molecule has 3 N–H and O–H groups in total. The van der Waals surface area contributed by atoms with E-state index in [4.69, 9.17) is 14.9 Å². The van der Waals surface area contributed by atoms with E-state index in [1.807, 2.05) is 0 Å². The second-order valence-corrected chi connectivity index (χ2v) is 11.3. The Balaban J connectivity index is 0. The zero-order chi connectivity index (χ0) is 29.1. The van der Waals surface area contributed by atoms with Gasteiger partial charge in [0.05, 0.1) is 26.4 Å². The SMILES string of the molecule is CCCCCCCC(=O)[O-].CCCCCCCCCCCCCCCCCCOCCC[NH+](CCO)CCO. The van der Waals surface area contributed by atoms with Crippen LogP contribution in [0.5, 0.6) is 0 Å². The molecule has 0 aromatic rings. The summed E-state index contributed by atoms with van der Waals surface area (Å²) in [5.74, 6) is -0.920. The van der Waals surface area contributed by atoms with Gasteiger partial charge in [-0.25, -0.2) is 0 Å². The number of carboxylic acid groups (broad SMARTS) is 1. The van der Waals surface area contributed by atoms with Crippen LogP contribution in [0.15, 0.2) is 0 Å². The van der Waals surface area contributed by atoms with Crippen molar-refractivity contribution in [1.82, 2.24) is 0 Å². The van der Waals surface area contributed by atoms with Crippen molar-refractivity contribution in [1.29, 1.82) is 0 Å². The summed E-state index contributed by atoms with van der Waals surface area (Å²) < 4.78 is 5.72. The van der Waals surface area contributed by atoms with Crippen molar-refractivity contribution in [3.63, 3.8) is 0 Å². The van der Waals surface area contributed by atoms with Gasteiger partial charge in [0.15, 0.2) is 0 Å². The number of hydrogen-bond acceptors (Lipinski definition) is 5. The molecule has 0 rings (SSSR count). The first-order valence-corrected chi connectivity index (χ1v) is 16.9. The number of carbonyl (C=O) groups excluding carboxylic acids is 1. The number of quaternary nitrogens is 1. The molecule has 0 saturated carbocycles. The van der Waals surface area contributed by atoms with Gasteiger partial charge in [-0.1, -0.05) is 136 Å². The summed E-state index contributed by atoms with van der Waals surface area (Å²) in [6.45, 7) is 8.91. The molecule has 0 fully saturated rings. The van der Waals surface area contributed by atoms with Crippen LogP contribution in [0.2, 0.25) is 0 Å². The maximum atomic E-state index is 9.92. The Kier molecular flexibility index (Phi) is 38.7. The van der Waals surface area contributed by atoms with E-state index >= 15 is 0 Å². The van der Waals surface area contributed by atoms with Crippen LogP contribution in [0.3, 0.4) is 0 Å². The summed E-state index contributed by atoms with van der Waals surface area (Å²) in [5, 5.41) is 27.9. The highest BCUT2D eigenvalue weighted by molar-refractivity contribution is 5.64. The van der Waals surface area contributed by atoms with E-state index in [0.717, 1.165) is 58.5 Å². The number of ether oxygens (including phenoxy) is 1. The normalized spacial score (nSPS) is 11.1. The minimum Gasteiger partial charge on any atom is -0.550 e. The fourth-order valence-corrected chi connectivity index (χ4v) is 4.84. The summed E-state index contributed by atoms with van der Waals surface area (Å²) in [6, 6.07) is 0. The predicted octanol–water partition coefficient (Wildman–Crippen LogP) is 5.62. The molecule has 0 saturated heterocycles. The standard InChI is InChI=1S/C25H53NO3.C8H16O2/c1-2-3-4-5-6-7-8-9-10-11-12-13-14-15-16-17-24-29-25-18-19-26(20-22-27)21-23-28;1-2-3-4-5-6-7-8(9)10/h27-28H,2-25H2,1H3;2-7H2,1H3,(H,9,10). The van der Waals surface area contributed by atoms with Crippen LogP contribution in [0.4, 0.5) is 0 Å². The molecule has 0 aliphatic heterocycles. The number of hydrogen-bond donors (Lipinski definition) is 3. The summed E-state index contributed by atoms with van der Waals surface area (Å²) in [5.41, 5.74) is 0. The molecule has 0 aromatic heterocycles. The fourth-order valence-electron chi connectivity index (χ4n) is 4.84. The quantitative estimate of drug-likeness (QED) is 0.0959. The Morgan fingerprint density at radius 2 is 0.897 bits per heavy atom. The first-order valence-electron chi connectivity index (χ1n) is 16.9. The summed E-state index contributed by atoms with van der Waals surface area (Å²) in [6.07, 6.45) is 29.0. The smallest absolute Gasteiger partial charge is 0.101 e. The van der Waals surface area contributed by atoms with E-state index < -0.39 is 5.97 Å². The van der Waals surface area contributed by atoms with E-state index in [-0.39, 0.29) is 19.6 Å². The summed E-state index contributed by atoms with van der Waals surface area (Å²) in [7, 11) is 0. The Bertz CT molecular complexity index is 444. The number of unbranched alkanes of at least 4 members (excludes halogenated alkanes) is 19. The summed E-state index contributed by atoms with van der Waals surface area (Å²) in [4.78, 5) is 11.2. The average Bonchev–Trinajstić information content (AvgIpc) is 2.92. The highest BCUT2D eigenvalue weighted by Gasteiger charge is 2.06. The van der Waals surface area contributed by atoms with Crippen LogP contribution in [-0.2, 0) is 9.53 Å². The Hall–Kier alpha value is -0.690. The van der Waals surface area contributed by atoms with Gasteiger partial charge < -0.3 is 29.8 Å². The van der Waals surface area contributed by atoms with Gasteiger partial charge in [-0.2, -0.15) is 0 Å². The van der Waals surface area contributed by atoms with E-state index in [1.165, 1.54) is 120 Å². The zero-order valence-electron chi connectivity index (χ0n) is 26.3. The molecule has 6 nitrogen and oxygen atoms in total. The molecule has 0 aromatic carbocycles. The van der Waals surface area contributed by atoms with Crippen LogP contribution >= 0.6 is 0 Å². The monoisotopic (exact) mass is 560 g/mol. The number of carbonyl (C=O) groups is 1. The number of nitrogens with one attached hydrogen (secondary N) is 1. The highest BCUT2D eigenvalue weighted by atomic mass is 16.5. The lowest BCUT2D eigenvalue weighted by Gasteiger charge is -2.17. The van der Waals surface area contributed by atoms with Gasteiger partial charge in [0.1, 0.15) is 13.1 Å². The Labute approximate surface area is 243 Å². The number of aliphatic hydroxyl groups is 2. The van der Waals surface area contributed by atoms with Crippen molar-refractivity contribution in [2.24, 2.45) is 0 Å². The van der Waals surface area contributed by atoms with Gasteiger partial charge in [-0.3, -0.25) is 0 Å². The molecule has 0 unspecified atom stereocenters. The molecule has 0 spiro atoms. The predicted molar refractivity (Wildman–Crippen MR) is 163 cm³/mol. The van der Waals surface area contributed by atoms with Gasteiger partial charge >= 0.3 is 0 Å². The lowest BCUT2D eigenvalue weighted by molar-refractivity contribution is -0.901. The lowest BCUT2D eigenvalue weighted by atomic mass is 10.0. The Morgan fingerprint density at radius 3 is 1.28 bits per heavy atom. The van der Waals surface area contributed by atoms with E-state index in [9.17, 15) is 9.90 Å².